The Morgan fingerprint density at radius 1 is 1.24 bits per heavy atom. The summed E-state index contributed by atoms with van der Waals surface area (Å²) in [4.78, 5) is 44.3. The Kier molecular flexibility index (Phi) is 5.30. The molecule has 2 aromatic heterocycles. The molecule has 1 fully saturated rings. The summed E-state index contributed by atoms with van der Waals surface area (Å²) in [5, 5.41) is 7.29. The largest absolute Gasteiger partial charge is 0.462 e. The molecule has 0 radical (unpaired) electrons. The number of nitrogens with zero attached hydrogens (tertiary/aromatic N) is 1. The van der Waals surface area contributed by atoms with Gasteiger partial charge in [-0.2, -0.15) is 0 Å². The smallest absolute Gasteiger partial charge is 0.341 e. The van der Waals surface area contributed by atoms with Crippen molar-refractivity contribution in [3.8, 4) is 0 Å². The minimum Gasteiger partial charge on any atom is -0.462 e. The minimum absolute atomic E-state index is 0.0867. The number of ether oxygens (including phenoxy) is 1. The molecule has 3 aromatic rings. The molecule has 0 unspecified atom stereocenters. The third-order valence-electron chi connectivity index (χ3n) is 4.60. The number of para-hydroxylation sites is 2. The lowest BCUT2D eigenvalue weighted by Crippen LogP contribution is -2.35. The summed E-state index contributed by atoms with van der Waals surface area (Å²) in [7, 11) is 0. The zero-order valence-electron chi connectivity index (χ0n) is 15.8. The van der Waals surface area contributed by atoms with E-state index in [-0.39, 0.29) is 13.2 Å². The summed E-state index contributed by atoms with van der Waals surface area (Å²) < 4.78 is 5.13. The number of nitrogens with one attached hydrogen (secondary N) is 3. The van der Waals surface area contributed by atoms with Crippen molar-refractivity contribution in [1.29, 1.82) is 0 Å². The predicted molar refractivity (Wildman–Crippen MR) is 109 cm³/mol. The van der Waals surface area contributed by atoms with Gasteiger partial charge in [0, 0.05) is 0 Å². The van der Waals surface area contributed by atoms with Crippen LogP contribution in [0.15, 0.2) is 29.6 Å². The van der Waals surface area contributed by atoms with E-state index in [4.69, 9.17) is 4.74 Å². The summed E-state index contributed by atoms with van der Waals surface area (Å²) in [6.07, 6.45) is 2.02. The lowest BCUT2D eigenvalue weighted by molar-refractivity contribution is -0.136. The Morgan fingerprint density at radius 2 is 2.03 bits per heavy atom. The molecule has 8 nitrogen and oxygen atoms in total. The fourth-order valence-corrected chi connectivity index (χ4v) is 4.09. The number of fused-ring (bicyclic) bond motifs is 1. The maximum Gasteiger partial charge on any atom is 0.341 e. The lowest BCUT2D eigenvalue weighted by atomic mass is 10.1. The van der Waals surface area contributed by atoms with Crippen LogP contribution in [0.1, 0.15) is 47.4 Å². The van der Waals surface area contributed by atoms with Gasteiger partial charge in [0.1, 0.15) is 10.8 Å². The standard InChI is InChI=1S/C20H20N4O4S/c1-2-28-20(27)16-12(11-7-8-11)10-29-19(16)24-18(26)17(25)21-9-15-22-13-5-3-4-6-14(13)23-15/h3-6,10-11H,2,7-9H2,1H3,(H,21,25)(H,22,23)(H,24,26). The zero-order chi connectivity index (χ0) is 20.4. The normalized spacial score (nSPS) is 13.3. The fourth-order valence-electron chi connectivity index (χ4n) is 3.07. The SMILES string of the molecule is CCOC(=O)c1c(C2CC2)csc1NC(=O)C(=O)NCc1nc2ccccc2[nH]1. The first-order valence-corrected chi connectivity index (χ1v) is 10.3. The Balaban J connectivity index is 1.42. The van der Waals surface area contributed by atoms with Gasteiger partial charge < -0.3 is 20.4 Å². The number of aromatic amines is 1. The molecule has 150 valence electrons. The maximum absolute atomic E-state index is 12.3. The molecule has 4 rings (SSSR count). The second-order valence-corrected chi connectivity index (χ2v) is 7.61. The van der Waals surface area contributed by atoms with Crippen molar-refractivity contribution in [2.75, 3.05) is 11.9 Å². The van der Waals surface area contributed by atoms with E-state index in [1.165, 1.54) is 11.3 Å². The molecule has 2 heterocycles. The van der Waals surface area contributed by atoms with Crippen molar-refractivity contribution in [2.45, 2.75) is 32.2 Å². The topological polar surface area (TPSA) is 113 Å². The van der Waals surface area contributed by atoms with Crippen LogP contribution in [-0.2, 0) is 20.9 Å². The average Bonchev–Trinajstić information content (AvgIpc) is 3.33. The quantitative estimate of drug-likeness (QED) is 0.426. The number of aromatic nitrogens is 2. The van der Waals surface area contributed by atoms with Crippen molar-refractivity contribution in [1.82, 2.24) is 15.3 Å². The molecule has 3 N–H and O–H groups in total. The van der Waals surface area contributed by atoms with Crippen LogP contribution in [0.3, 0.4) is 0 Å². The molecular weight excluding hydrogens is 392 g/mol. The van der Waals surface area contributed by atoms with E-state index in [0.717, 1.165) is 29.4 Å². The highest BCUT2D eigenvalue weighted by atomic mass is 32.1. The molecule has 1 saturated carbocycles. The number of rotatable bonds is 6. The van der Waals surface area contributed by atoms with Gasteiger partial charge in [0.15, 0.2) is 0 Å². The molecule has 1 aliphatic rings. The first kappa shape index (κ1) is 19.1. The molecule has 2 amide bonds. The highest BCUT2D eigenvalue weighted by Gasteiger charge is 2.32. The summed E-state index contributed by atoms with van der Waals surface area (Å²) in [5.41, 5.74) is 2.88. The number of carbonyl (C=O) groups excluding carboxylic acids is 3. The number of imidazole rings is 1. The van der Waals surface area contributed by atoms with Crippen LogP contribution in [0.4, 0.5) is 5.00 Å². The molecule has 0 spiro atoms. The molecular formula is C20H20N4O4S. The lowest BCUT2D eigenvalue weighted by Gasteiger charge is -2.08. The van der Waals surface area contributed by atoms with Crippen LogP contribution in [0, 0.1) is 0 Å². The second kappa shape index (κ2) is 8.04. The van der Waals surface area contributed by atoms with Gasteiger partial charge in [0.05, 0.1) is 29.7 Å². The average molecular weight is 412 g/mol. The number of H-pyrrole nitrogens is 1. The van der Waals surface area contributed by atoms with E-state index in [1.54, 1.807) is 6.92 Å². The third kappa shape index (κ3) is 4.14. The summed E-state index contributed by atoms with van der Waals surface area (Å²) >= 11 is 1.23. The highest BCUT2D eigenvalue weighted by Crippen LogP contribution is 2.46. The van der Waals surface area contributed by atoms with E-state index in [0.29, 0.717) is 22.3 Å². The van der Waals surface area contributed by atoms with Crippen LogP contribution >= 0.6 is 11.3 Å². The summed E-state index contributed by atoms with van der Waals surface area (Å²) in [6.45, 7) is 2.05. The molecule has 9 heteroatoms. The van der Waals surface area contributed by atoms with Crippen molar-refractivity contribution < 1.29 is 19.1 Å². The number of hydrogen-bond donors (Lipinski definition) is 3. The molecule has 0 saturated heterocycles. The highest BCUT2D eigenvalue weighted by molar-refractivity contribution is 7.15. The van der Waals surface area contributed by atoms with Crippen molar-refractivity contribution in [3.05, 3.63) is 46.6 Å². The van der Waals surface area contributed by atoms with Gasteiger partial charge in [-0.25, -0.2) is 9.78 Å². The third-order valence-corrected chi connectivity index (χ3v) is 5.52. The fraction of sp³-hybridized carbons (Fsp3) is 0.300. The first-order chi connectivity index (χ1) is 14.1. The Bertz CT molecular complexity index is 1050. The van der Waals surface area contributed by atoms with Crippen LogP contribution in [0.25, 0.3) is 11.0 Å². The van der Waals surface area contributed by atoms with Crippen LogP contribution < -0.4 is 10.6 Å². The summed E-state index contributed by atoms with van der Waals surface area (Å²) in [6, 6.07) is 7.49. The van der Waals surface area contributed by atoms with Crippen molar-refractivity contribution >= 4 is 45.2 Å². The van der Waals surface area contributed by atoms with E-state index in [2.05, 4.69) is 20.6 Å². The van der Waals surface area contributed by atoms with Gasteiger partial charge in [-0.3, -0.25) is 9.59 Å². The second-order valence-electron chi connectivity index (χ2n) is 6.73. The first-order valence-electron chi connectivity index (χ1n) is 9.38. The Labute approximate surface area is 170 Å². The molecule has 0 atom stereocenters. The zero-order valence-corrected chi connectivity index (χ0v) is 16.6. The van der Waals surface area contributed by atoms with E-state index in [1.807, 2.05) is 29.6 Å². The van der Waals surface area contributed by atoms with Crippen molar-refractivity contribution in [2.24, 2.45) is 0 Å². The number of esters is 1. The number of amides is 2. The van der Waals surface area contributed by atoms with Gasteiger partial charge >= 0.3 is 17.8 Å². The summed E-state index contributed by atoms with van der Waals surface area (Å²) in [5.74, 6) is -1.25. The molecule has 1 aliphatic carbocycles. The predicted octanol–water partition coefficient (Wildman–Crippen LogP) is 2.93. The van der Waals surface area contributed by atoms with Gasteiger partial charge in [0.2, 0.25) is 0 Å². The number of benzene rings is 1. The van der Waals surface area contributed by atoms with Gasteiger partial charge in [-0.05, 0) is 48.8 Å². The van der Waals surface area contributed by atoms with Crippen LogP contribution in [-0.4, -0.2) is 34.4 Å². The number of hydrogen-bond acceptors (Lipinski definition) is 6. The van der Waals surface area contributed by atoms with Crippen LogP contribution in [0.2, 0.25) is 0 Å². The Morgan fingerprint density at radius 3 is 2.76 bits per heavy atom. The van der Waals surface area contributed by atoms with Crippen LogP contribution in [0.5, 0.6) is 0 Å². The monoisotopic (exact) mass is 412 g/mol. The van der Waals surface area contributed by atoms with Gasteiger partial charge in [-0.1, -0.05) is 12.1 Å². The molecule has 0 aliphatic heterocycles. The van der Waals surface area contributed by atoms with E-state index in [9.17, 15) is 14.4 Å². The minimum atomic E-state index is -0.837. The van der Waals surface area contributed by atoms with Crippen molar-refractivity contribution in [3.63, 3.8) is 0 Å². The Hall–Kier alpha value is -3.20. The maximum atomic E-state index is 12.3. The number of carbonyl (C=O) groups is 3. The van der Waals surface area contributed by atoms with Gasteiger partial charge in [0.25, 0.3) is 0 Å². The van der Waals surface area contributed by atoms with E-state index >= 15 is 0 Å². The van der Waals surface area contributed by atoms with E-state index < -0.39 is 17.8 Å². The number of anilines is 1. The molecule has 29 heavy (non-hydrogen) atoms. The van der Waals surface area contributed by atoms with Gasteiger partial charge in [-0.15, -0.1) is 11.3 Å². The molecule has 0 bridgehead atoms. The number of thiophene rings is 1. The molecule has 1 aromatic carbocycles.